The van der Waals surface area contributed by atoms with Crippen LogP contribution in [0.3, 0.4) is 0 Å². The number of hydrogen-bond donors (Lipinski definition) is 0. The van der Waals surface area contributed by atoms with Crippen LogP contribution in [-0.2, 0) is 0 Å². The second kappa shape index (κ2) is 8.33. The van der Waals surface area contributed by atoms with Gasteiger partial charge in [0.2, 0.25) is 0 Å². The highest BCUT2D eigenvalue weighted by molar-refractivity contribution is 5.32. The Morgan fingerprint density at radius 1 is 1.26 bits per heavy atom. The minimum absolute atomic E-state index is 0.178. The van der Waals surface area contributed by atoms with Gasteiger partial charge in [-0.15, -0.1) is 0 Å². The van der Waals surface area contributed by atoms with Crippen LogP contribution in [0.4, 0.5) is 0 Å². The molecule has 1 saturated heterocycles. The Kier molecular flexibility index (Phi) is 6.44. The topological polar surface area (TPSA) is 39.5 Å². The third kappa shape index (κ3) is 4.70. The van der Waals surface area contributed by atoms with Crippen LogP contribution in [0.5, 0.6) is 5.75 Å². The van der Waals surface area contributed by atoms with Crippen LogP contribution in [0, 0.1) is 17.2 Å². The Balaban J connectivity index is 2.05. The van der Waals surface area contributed by atoms with Crippen molar-refractivity contribution in [1.29, 1.82) is 5.26 Å². The van der Waals surface area contributed by atoms with Crippen LogP contribution in [0.15, 0.2) is 24.3 Å². The second-order valence-corrected chi connectivity index (χ2v) is 6.79. The quantitative estimate of drug-likeness (QED) is 0.807. The lowest BCUT2D eigenvalue weighted by Gasteiger charge is -2.41. The van der Waals surface area contributed by atoms with E-state index >= 15 is 0 Å². The molecule has 0 aliphatic carbocycles. The first-order valence-corrected chi connectivity index (χ1v) is 8.65. The molecule has 1 aliphatic heterocycles. The molecule has 0 bridgehead atoms. The monoisotopic (exact) mass is 315 g/mol. The minimum atomic E-state index is -0.178. The van der Waals surface area contributed by atoms with E-state index in [2.05, 4.69) is 43.6 Å². The van der Waals surface area contributed by atoms with Gasteiger partial charge in [0.05, 0.1) is 12.7 Å². The summed E-state index contributed by atoms with van der Waals surface area (Å²) in [5.41, 5.74) is 1.06. The van der Waals surface area contributed by atoms with Gasteiger partial charge >= 0.3 is 0 Å². The normalized spacial score (nSPS) is 21.1. The third-order valence-corrected chi connectivity index (χ3v) is 4.44. The Morgan fingerprint density at radius 3 is 2.48 bits per heavy atom. The van der Waals surface area contributed by atoms with E-state index < -0.39 is 0 Å². The maximum Gasteiger partial charge on any atom is 0.124 e. The highest BCUT2D eigenvalue weighted by Crippen LogP contribution is 2.26. The first-order valence-electron chi connectivity index (χ1n) is 8.65. The van der Waals surface area contributed by atoms with Gasteiger partial charge < -0.3 is 9.64 Å². The largest absolute Gasteiger partial charge is 0.493 e. The summed E-state index contributed by atoms with van der Waals surface area (Å²) in [6.45, 7) is 13.5. The molecule has 2 rings (SSSR count). The number of nitriles is 1. The summed E-state index contributed by atoms with van der Waals surface area (Å²) in [4.78, 5) is 4.76. The van der Waals surface area contributed by atoms with E-state index in [1.807, 2.05) is 24.3 Å². The van der Waals surface area contributed by atoms with E-state index in [1.165, 1.54) is 0 Å². The van der Waals surface area contributed by atoms with Crippen molar-refractivity contribution < 1.29 is 4.74 Å². The highest BCUT2D eigenvalue weighted by Gasteiger charge is 2.29. The molecule has 4 heteroatoms. The van der Waals surface area contributed by atoms with Gasteiger partial charge in [0.1, 0.15) is 11.8 Å². The molecule has 0 aromatic heterocycles. The summed E-state index contributed by atoms with van der Waals surface area (Å²) in [5, 5.41) is 9.68. The molecule has 2 atom stereocenters. The molecule has 1 fully saturated rings. The number of benzene rings is 1. The number of rotatable bonds is 6. The van der Waals surface area contributed by atoms with Gasteiger partial charge in [0, 0.05) is 25.7 Å². The molecule has 1 aromatic carbocycles. The summed E-state index contributed by atoms with van der Waals surface area (Å²) >= 11 is 0. The van der Waals surface area contributed by atoms with Crippen LogP contribution in [0.1, 0.15) is 39.3 Å². The van der Waals surface area contributed by atoms with Gasteiger partial charge in [-0.1, -0.05) is 32.9 Å². The lowest BCUT2D eigenvalue weighted by Crippen LogP contribution is -2.52. The van der Waals surface area contributed by atoms with Crippen molar-refractivity contribution in [3.8, 4) is 11.8 Å². The zero-order valence-electron chi connectivity index (χ0n) is 14.8. The first-order chi connectivity index (χ1) is 11.0. The lowest BCUT2D eigenvalue weighted by atomic mass is 10.0. The molecule has 1 aliphatic rings. The molecule has 2 unspecified atom stereocenters. The first kappa shape index (κ1) is 17.8. The standard InChI is InChI=1S/C19H29N3O/c1-5-21-10-11-22(16(4)13-21)19(12-20)17-6-8-18(9-7-17)23-14-15(2)3/h6-9,15-16,19H,5,10-11,13-14H2,1-4H3. The molecule has 1 aromatic rings. The number of nitrogens with zero attached hydrogens (tertiary/aromatic N) is 3. The molecular weight excluding hydrogens is 286 g/mol. The van der Waals surface area contributed by atoms with E-state index in [9.17, 15) is 5.26 Å². The molecule has 4 nitrogen and oxygen atoms in total. The van der Waals surface area contributed by atoms with Crippen LogP contribution >= 0.6 is 0 Å². The summed E-state index contributed by atoms with van der Waals surface area (Å²) < 4.78 is 5.73. The van der Waals surface area contributed by atoms with E-state index in [0.717, 1.165) is 44.1 Å². The van der Waals surface area contributed by atoms with Gasteiger partial charge in [-0.25, -0.2) is 0 Å². The van der Waals surface area contributed by atoms with Gasteiger partial charge in [-0.05, 0) is 37.1 Å². The Bertz CT molecular complexity index is 520. The molecule has 1 heterocycles. The van der Waals surface area contributed by atoms with Gasteiger partial charge in [0.25, 0.3) is 0 Å². The molecule has 126 valence electrons. The maximum absolute atomic E-state index is 9.68. The summed E-state index contributed by atoms with van der Waals surface area (Å²) in [5.74, 6) is 1.39. The smallest absolute Gasteiger partial charge is 0.124 e. The average Bonchev–Trinajstić information content (AvgIpc) is 2.56. The zero-order valence-corrected chi connectivity index (χ0v) is 14.8. The van der Waals surface area contributed by atoms with Crippen LogP contribution in [0.2, 0.25) is 0 Å². The molecule has 0 saturated carbocycles. The van der Waals surface area contributed by atoms with Crippen LogP contribution in [-0.4, -0.2) is 48.6 Å². The van der Waals surface area contributed by atoms with Crippen molar-refractivity contribution in [3.05, 3.63) is 29.8 Å². The lowest BCUT2D eigenvalue weighted by molar-refractivity contribution is 0.0683. The summed E-state index contributed by atoms with van der Waals surface area (Å²) in [6, 6.07) is 10.7. The second-order valence-electron chi connectivity index (χ2n) is 6.79. The predicted octanol–water partition coefficient (Wildman–Crippen LogP) is 3.31. The van der Waals surface area contributed by atoms with Crippen LogP contribution < -0.4 is 4.74 Å². The average molecular weight is 315 g/mol. The molecular formula is C19H29N3O. The van der Waals surface area contributed by atoms with E-state index in [4.69, 9.17) is 4.74 Å². The van der Waals surface area contributed by atoms with Gasteiger partial charge in [-0.3, -0.25) is 4.90 Å². The van der Waals surface area contributed by atoms with Gasteiger partial charge in [-0.2, -0.15) is 5.26 Å². The zero-order chi connectivity index (χ0) is 16.8. The molecule has 23 heavy (non-hydrogen) atoms. The number of ether oxygens (including phenoxy) is 1. The summed E-state index contributed by atoms with van der Waals surface area (Å²) in [7, 11) is 0. The van der Waals surface area contributed by atoms with Crippen molar-refractivity contribution in [2.45, 2.75) is 39.8 Å². The van der Waals surface area contributed by atoms with E-state index in [1.54, 1.807) is 0 Å². The molecule has 0 radical (unpaired) electrons. The number of piperazine rings is 1. The molecule has 0 spiro atoms. The van der Waals surface area contributed by atoms with E-state index in [0.29, 0.717) is 12.0 Å². The Labute approximate surface area is 140 Å². The fraction of sp³-hybridized carbons (Fsp3) is 0.632. The molecule has 0 N–H and O–H groups in total. The van der Waals surface area contributed by atoms with Gasteiger partial charge in [0.15, 0.2) is 0 Å². The Morgan fingerprint density at radius 2 is 1.96 bits per heavy atom. The van der Waals surface area contributed by atoms with Crippen molar-refractivity contribution in [2.24, 2.45) is 5.92 Å². The SMILES string of the molecule is CCN1CCN(C(C#N)c2ccc(OCC(C)C)cc2)C(C)C1. The van der Waals surface area contributed by atoms with Crippen molar-refractivity contribution >= 4 is 0 Å². The minimum Gasteiger partial charge on any atom is -0.493 e. The predicted molar refractivity (Wildman–Crippen MR) is 93.4 cm³/mol. The maximum atomic E-state index is 9.68. The highest BCUT2D eigenvalue weighted by atomic mass is 16.5. The third-order valence-electron chi connectivity index (χ3n) is 4.44. The van der Waals surface area contributed by atoms with Crippen molar-refractivity contribution in [3.63, 3.8) is 0 Å². The summed E-state index contributed by atoms with van der Waals surface area (Å²) in [6.07, 6.45) is 0. The van der Waals surface area contributed by atoms with Crippen LogP contribution in [0.25, 0.3) is 0 Å². The van der Waals surface area contributed by atoms with E-state index in [-0.39, 0.29) is 6.04 Å². The fourth-order valence-electron chi connectivity index (χ4n) is 3.07. The molecule has 0 amide bonds. The van der Waals surface area contributed by atoms with Crippen molar-refractivity contribution in [1.82, 2.24) is 9.80 Å². The number of hydrogen-bond acceptors (Lipinski definition) is 4. The Hall–Kier alpha value is -1.57. The van der Waals surface area contributed by atoms with Crippen molar-refractivity contribution in [2.75, 3.05) is 32.8 Å². The fourth-order valence-corrected chi connectivity index (χ4v) is 3.07. The number of likely N-dealkylation sites (N-methyl/N-ethyl adjacent to an activating group) is 1.